The SMILES string of the molecule is Cc1cc(C)nc(N=C2NC(=O)C[C@H](C(=O)O)N2c2ccc(Cl)cc2Cl)n1. The van der Waals surface area contributed by atoms with Crippen molar-refractivity contribution in [3.63, 3.8) is 0 Å². The molecule has 1 saturated heterocycles. The first-order chi connectivity index (χ1) is 12.7. The fourth-order valence-corrected chi connectivity index (χ4v) is 3.24. The number of carbonyl (C=O) groups is 2. The number of rotatable bonds is 3. The topological polar surface area (TPSA) is 108 Å². The van der Waals surface area contributed by atoms with Gasteiger partial charge in [-0.1, -0.05) is 23.2 Å². The molecule has 27 heavy (non-hydrogen) atoms. The van der Waals surface area contributed by atoms with E-state index in [9.17, 15) is 14.7 Å². The van der Waals surface area contributed by atoms with Gasteiger partial charge in [0.2, 0.25) is 11.9 Å². The van der Waals surface area contributed by atoms with Crippen LogP contribution in [0.3, 0.4) is 0 Å². The van der Waals surface area contributed by atoms with Gasteiger partial charge in [-0.2, -0.15) is 4.99 Å². The summed E-state index contributed by atoms with van der Waals surface area (Å²) in [7, 11) is 0. The van der Waals surface area contributed by atoms with Crippen LogP contribution in [0.5, 0.6) is 0 Å². The summed E-state index contributed by atoms with van der Waals surface area (Å²) in [6.45, 7) is 3.57. The van der Waals surface area contributed by atoms with E-state index in [2.05, 4.69) is 20.3 Å². The lowest BCUT2D eigenvalue weighted by Crippen LogP contribution is -2.58. The molecular formula is C17H15Cl2N5O3. The maximum atomic E-state index is 12.1. The number of carboxylic acid groups (broad SMARTS) is 1. The molecule has 3 rings (SSSR count). The van der Waals surface area contributed by atoms with Crippen LogP contribution >= 0.6 is 23.2 Å². The summed E-state index contributed by atoms with van der Waals surface area (Å²) in [5.74, 6) is -1.59. The second kappa shape index (κ2) is 7.50. The number of halogens is 2. The molecule has 1 aromatic carbocycles. The first-order valence-corrected chi connectivity index (χ1v) is 8.68. The molecule has 0 saturated carbocycles. The van der Waals surface area contributed by atoms with Gasteiger partial charge in [0.25, 0.3) is 5.95 Å². The van der Waals surface area contributed by atoms with Crippen LogP contribution in [0.25, 0.3) is 0 Å². The van der Waals surface area contributed by atoms with E-state index in [1.54, 1.807) is 32.0 Å². The first kappa shape index (κ1) is 19.1. The van der Waals surface area contributed by atoms with Crippen molar-refractivity contribution in [2.24, 2.45) is 4.99 Å². The lowest BCUT2D eigenvalue weighted by atomic mass is 10.1. The van der Waals surface area contributed by atoms with Crippen LogP contribution in [0.4, 0.5) is 11.6 Å². The van der Waals surface area contributed by atoms with Gasteiger partial charge in [0.15, 0.2) is 0 Å². The molecule has 140 valence electrons. The number of aliphatic imine (C=N–C) groups is 1. The Morgan fingerprint density at radius 2 is 1.93 bits per heavy atom. The van der Waals surface area contributed by atoms with E-state index in [1.807, 2.05) is 0 Å². The molecule has 8 nitrogen and oxygen atoms in total. The molecular weight excluding hydrogens is 393 g/mol. The van der Waals surface area contributed by atoms with Crippen molar-refractivity contribution in [3.8, 4) is 0 Å². The number of aliphatic carboxylic acids is 1. The molecule has 1 aromatic heterocycles. The lowest BCUT2D eigenvalue weighted by Gasteiger charge is -2.35. The number of hydrogen-bond donors (Lipinski definition) is 2. The van der Waals surface area contributed by atoms with Crippen LogP contribution in [0, 0.1) is 13.8 Å². The van der Waals surface area contributed by atoms with Crippen molar-refractivity contribution in [2.45, 2.75) is 26.3 Å². The van der Waals surface area contributed by atoms with Crippen LogP contribution in [-0.4, -0.2) is 39.0 Å². The summed E-state index contributed by atoms with van der Waals surface area (Å²) in [5.41, 5.74) is 1.72. The number of guanidine groups is 1. The van der Waals surface area contributed by atoms with Gasteiger partial charge in [-0.3, -0.25) is 15.0 Å². The average Bonchev–Trinajstić information content (AvgIpc) is 2.54. The fourth-order valence-electron chi connectivity index (χ4n) is 2.74. The summed E-state index contributed by atoms with van der Waals surface area (Å²) < 4.78 is 0. The van der Waals surface area contributed by atoms with Crippen LogP contribution in [-0.2, 0) is 9.59 Å². The standard InChI is InChI=1S/C17H15Cl2N5O3/c1-8-5-9(2)21-16(20-8)23-17-22-14(25)7-13(15(26)27)24(17)12-4-3-10(18)6-11(12)19/h3-6,13H,7H2,1-2H3,(H,26,27)(H,20,21,22,23,25)/t13-/m1/s1. The molecule has 2 N–H and O–H groups in total. The number of aryl methyl sites for hydroxylation is 2. The molecule has 10 heteroatoms. The van der Waals surface area contributed by atoms with Gasteiger partial charge in [0, 0.05) is 16.4 Å². The van der Waals surface area contributed by atoms with E-state index >= 15 is 0 Å². The monoisotopic (exact) mass is 407 g/mol. The average molecular weight is 408 g/mol. The van der Waals surface area contributed by atoms with E-state index < -0.39 is 17.9 Å². The van der Waals surface area contributed by atoms with Gasteiger partial charge >= 0.3 is 5.97 Å². The Bertz CT molecular complexity index is 943. The maximum absolute atomic E-state index is 12.1. The van der Waals surface area contributed by atoms with Gasteiger partial charge in [0.05, 0.1) is 17.1 Å². The van der Waals surface area contributed by atoms with Gasteiger partial charge in [0.1, 0.15) is 6.04 Å². The zero-order valence-corrected chi connectivity index (χ0v) is 15.9. The highest BCUT2D eigenvalue weighted by molar-refractivity contribution is 6.37. The summed E-state index contributed by atoms with van der Waals surface area (Å²) in [6, 6.07) is 5.21. The summed E-state index contributed by atoms with van der Waals surface area (Å²) in [6.07, 6.45) is -0.263. The molecule has 0 radical (unpaired) electrons. The number of nitrogens with one attached hydrogen (secondary N) is 1. The highest BCUT2D eigenvalue weighted by Gasteiger charge is 2.38. The number of benzene rings is 1. The molecule has 0 aliphatic carbocycles. The predicted octanol–water partition coefficient (Wildman–Crippen LogP) is 2.87. The molecule has 1 atom stereocenters. The van der Waals surface area contributed by atoms with Gasteiger partial charge < -0.3 is 5.11 Å². The normalized spacial score (nSPS) is 18.5. The Hall–Kier alpha value is -2.71. The van der Waals surface area contributed by atoms with Crippen molar-refractivity contribution >= 4 is 52.7 Å². The fraction of sp³-hybridized carbons (Fsp3) is 0.235. The highest BCUT2D eigenvalue weighted by Crippen LogP contribution is 2.32. The Labute approximate surface area is 164 Å². The molecule has 0 spiro atoms. The highest BCUT2D eigenvalue weighted by atomic mass is 35.5. The third-order valence-electron chi connectivity index (χ3n) is 3.80. The first-order valence-electron chi connectivity index (χ1n) is 7.92. The zero-order valence-electron chi connectivity index (χ0n) is 14.4. The number of carbonyl (C=O) groups excluding carboxylic acids is 1. The number of amides is 1. The second-order valence-corrected chi connectivity index (χ2v) is 6.80. The Morgan fingerprint density at radius 1 is 1.26 bits per heavy atom. The molecule has 1 aliphatic rings. The van der Waals surface area contributed by atoms with Gasteiger partial charge in [-0.05, 0) is 38.1 Å². The Morgan fingerprint density at radius 3 is 2.52 bits per heavy atom. The van der Waals surface area contributed by atoms with Crippen molar-refractivity contribution in [1.82, 2.24) is 15.3 Å². The Balaban J connectivity index is 2.16. The molecule has 1 aliphatic heterocycles. The minimum Gasteiger partial charge on any atom is -0.480 e. The molecule has 0 unspecified atom stereocenters. The van der Waals surface area contributed by atoms with Crippen LogP contribution in [0.15, 0.2) is 29.3 Å². The van der Waals surface area contributed by atoms with Crippen molar-refractivity contribution in [3.05, 3.63) is 45.7 Å². The predicted molar refractivity (Wildman–Crippen MR) is 102 cm³/mol. The lowest BCUT2D eigenvalue weighted by molar-refractivity contribution is -0.140. The van der Waals surface area contributed by atoms with Gasteiger partial charge in [-0.15, -0.1) is 0 Å². The summed E-state index contributed by atoms with van der Waals surface area (Å²) in [4.78, 5) is 37.9. The molecule has 2 aromatic rings. The minimum atomic E-state index is -1.19. The van der Waals surface area contributed by atoms with Crippen molar-refractivity contribution in [1.29, 1.82) is 0 Å². The van der Waals surface area contributed by atoms with E-state index in [0.29, 0.717) is 22.1 Å². The van der Waals surface area contributed by atoms with Crippen LogP contribution in [0.2, 0.25) is 10.0 Å². The van der Waals surface area contributed by atoms with Crippen LogP contribution in [0.1, 0.15) is 17.8 Å². The van der Waals surface area contributed by atoms with Gasteiger partial charge in [-0.25, -0.2) is 14.8 Å². The minimum absolute atomic E-state index is 0.0205. The second-order valence-electron chi connectivity index (χ2n) is 5.96. The summed E-state index contributed by atoms with van der Waals surface area (Å²) in [5, 5.41) is 12.8. The quantitative estimate of drug-likeness (QED) is 0.809. The number of hydrogen-bond acceptors (Lipinski definition) is 5. The smallest absolute Gasteiger partial charge is 0.327 e. The van der Waals surface area contributed by atoms with Crippen molar-refractivity contribution in [2.75, 3.05) is 4.90 Å². The van der Waals surface area contributed by atoms with E-state index in [-0.39, 0.29) is 23.4 Å². The summed E-state index contributed by atoms with van der Waals surface area (Å²) >= 11 is 12.2. The van der Waals surface area contributed by atoms with E-state index in [0.717, 1.165) is 0 Å². The van der Waals surface area contributed by atoms with E-state index in [4.69, 9.17) is 23.2 Å². The Kier molecular flexibility index (Phi) is 5.29. The number of nitrogens with zero attached hydrogens (tertiary/aromatic N) is 4. The third kappa shape index (κ3) is 4.17. The zero-order chi connectivity index (χ0) is 19.7. The molecule has 0 bridgehead atoms. The molecule has 1 amide bonds. The molecule has 2 heterocycles. The largest absolute Gasteiger partial charge is 0.480 e. The van der Waals surface area contributed by atoms with E-state index in [1.165, 1.54) is 11.0 Å². The number of carboxylic acids is 1. The number of anilines is 1. The van der Waals surface area contributed by atoms with Crippen LogP contribution < -0.4 is 10.2 Å². The maximum Gasteiger partial charge on any atom is 0.327 e. The third-order valence-corrected chi connectivity index (χ3v) is 4.34. The molecule has 1 fully saturated rings. The van der Waals surface area contributed by atoms with Crippen molar-refractivity contribution < 1.29 is 14.7 Å². The number of aromatic nitrogens is 2.